The minimum absolute atomic E-state index is 0.0530. The molecule has 4 rings (SSSR count). The number of carbonyl (C=O) groups excluding carboxylic acids is 1. The maximum atomic E-state index is 13.0. The van der Waals surface area contributed by atoms with Crippen molar-refractivity contribution in [1.82, 2.24) is 13.7 Å². The molecule has 0 spiro atoms. The first-order valence-corrected chi connectivity index (χ1v) is 8.62. The molecule has 0 N–H and O–H groups in total. The van der Waals surface area contributed by atoms with Crippen LogP contribution in [0.3, 0.4) is 0 Å². The molecule has 1 aliphatic rings. The zero-order chi connectivity index (χ0) is 18.4. The zero-order valence-electron chi connectivity index (χ0n) is 14.8. The molecular weight excluding hydrogens is 332 g/mol. The summed E-state index contributed by atoms with van der Waals surface area (Å²) in [7, 11) is 3.07. The number of aromatic nitrogens is 3. The van der Waals surface area contributed by atoms with Crippen LogP contribution in [0.1, 0.15) is 12.0 Å². The summed E-state index contributed by atoms with van der Waals surface area (Å²) in [6.07, 6.45) is 3.59. The third-order valence-electron chi connectivity index (χ3n) is 5.08. The van der Waals surface area contributed by atoms with E-state index in [9.17, 15) is 14.4 Å². The van der Waals surface area contributed by atoms with E-state index in [1.54, 1.807) is 28.8 Å². The summed E-state index contributed by atoms with van der Waals surface area (Å²) in [6.45, 7) is 0.758. The largest absolute Gasteiger partial charge is 0.332 e. The van der Waals surface area contributed by atoms with Gasteiger partial charge in [0.15, 0.2) is 0 Å². The first-order chi connectivity index (χ1) is 12.5. The zero-order valence-corrected chi connectivity index (χ0v) is 14.8. The van der Waals surface area contributed by atoms with Crippen LogP contribution in [-0.4, -0.2) is 26.2 Å². The van der Waals surface area contributed by atoms with Gasteiger partial charge in [-0.3, -0.25) is 18.7 Å². The highest BCUT2D eigenvalue weighted by molar-refractivity contribution is 5.95. The smallest absolute Gasteiger partial charge is 0.324 e. The van der Waals surface area contributed by atoms with Crippen LogP contribution in [0.4, 0.5) is 5.69 Å². The second-order valence-corrected chi connectivity index (χ2v) is 6.66. The van der Waals surface area contributed by atoms with Gasteiger partial charge in [0, 0.05) is 32.5 Å². The molecule has 0 saturated heterocycles. The Labute approximate surface area is 149 Å². The lowest BCUT2D eigenvalue weighted by atomic mass is 10.0. The fraction of sp³-hybridized carbons (Fsp3) is 0.316. The molecule has 3 heterocycles. The number of anilines is 1. The van der Waals surface area contributed by atoms with E-state index in [4.69, 9.17) is 0 Å². The summed E-state index contributed by atoms with van der Waals surface area (Å²) >= 11 is 0. The monoisotopic (exact) mass is 352 g/mol. The van der Waals surface area contributed by atoms with Gasteiger partial charge in [0.05, 0.1) is 5.39 Å². The second kappa shape index (κ2) is 6.01. The Morgan fingerprint density at radius 3 is 2.65 bits per heavy atom. The van der Waals surface area contributed by atoms with Crippen molar-refractivity contribution in [2.75, 3.05) is 11.4 Å². The summed E-state index contributed by atoms with van der Waals surface area (Å²) in [6, 6.07) is 9.59. The molecular formula is C19H20N4O3. The van der Waals surface area contributed by atoms with Crippen molar-refractivity contribution in [2.24, 2.45) is 14.1 Å². The highest BCUT2D eigenvalue weighted by Gasteiger charge is 2.23. The van der Waals surface area contributed by atoms with Gasteiger partial charge in [-0.15, -0.1) is 0 Å². The first-order valence-electron chi connectivity index (χ1n) is 8.62. The van der Waals surface area contributed by atoms with E-state index in [1.165, 1.54) is 17.2 Å². The van der Waals surface area contributed by atoms with Gasteiger partial charge in [0.1, 0.15) is 12.2 Å². The summed E-state index contributed by atoms with van der Waals surface area (Å²) in [4.78, 5) is 39.3. The molecule has 1 aromatic carbocycles. The van der Waals surface area contributed by atoms with Gasteiger partial charge >= 0.3 is 5.69 Å². The molecule has 0 saturated carbocycles. The molecule has 2 aromatic heterocycles. The molecule has 1 aliphatic heterocycles. The lowest BCUT2D eigenvalue weighted by Gasteiger charge is -2.29. The summed E-state index contributed by atoms with van der Waals surface area (Å²) in [5.41, 5.74) is 1.84. The van der Waals surface area contributed by atoms with Gasteiger partial charge in [-0.25, -0.2) is 4.79 Å². The highest BCUT2D eigenvalue weighted by atomic mass is 16.2. The number of hydrogen-bond acceptors (Lipinski definition) is 3. The Morgan fingerprint density at radius 2 is 1.85 bits per heavy atom. The topological polar surface area (TPSA) is 69.2 Å². The molecule has 0 radical (unpaired) electrons. The predicted molar refractivity (Wildman–Crippen MR) is 99.5 cm³/mol. The van der Waals surface area contributed by atoms with Gasteiger partial charge in [0.2, 0.25) is 5.91 Å². The average Bonchev–Trinajstić information content (AvgIpc) is 3.07. The predicted octanol–water partition coefficient (Wildman–Crippen LogP) is 1.02. The Morgan fingerprint density at radius 1 is 1.08 bits per heavy atom. The van der Waals surface area contributed by atoms with Crippen LogP contribution in [0.25, 0.3) is 11.0 Å². The standard InChI is InChI=1S/C19H20N4O3/c1-20-17-14(18(25)21(2)19(20)26)9-11-22(17)12-16(24)23-10-5-7-13-6-3-4-8-15(13)23/h3-4,6,8-9,11H,5,7,10,12H2,1-2H3. The van der Waals surface area contributed by atoms with Crippen LogP contribution in [0.5, 0.6) is 0 Å². The van der Waals surface area contributed by atoms with Crippen molar-refractivity contribution in [1.29, 1.82) is 0 Å². The van der Waals surface area contributed by atoms with Crippen molar-refractivity contribution < 1.29 is 4.79 Å². The third-order valence-corrected chi connectivity index (χ3v) is 5.08. The molecule has 0 bridgehead atoms. The van der Waals surface area contributed by atoms with Gasteiger partial charge in [-0.1, -0.05) is 18.2 Å². The van der Waals surface area contributed by atoms with Gasteiger partial charge < -0.3 is 9.47 Å². The number of aryl methyl sites for hydroxylation is 2. The maximum Gasteiger partial charge on any atom is 0.332 e. The first kappa shape index (κ1) is 16.4. The molecule has 0 fully saturated rings. The van der Waals surface area contributed by atoms with E-state index in [2.05, 4.69) is 0 Å². The number of hydrogen-bond donors (Lipinski definition) is 0. The minimum atomic E-state index is -0.404. The van der Waals surface area contributed by atoms with Crippen LogP contribution >= 0.6 is 0 Å². The third kappa shape index (κ3) is 2.39. The molecule has 0 aliphatic carbocycles. The number of nitrogens with zero attached hydrogens (tertiary/aromatic N) is 4. The fourth-order valence-corrected chi connectivity index (χ4v) is 3.74. The van der Waals surface area contributed by atoms with E-state index in [0.717, 1.165) is 23.1 Å². The van der Waals surface area contributed by atoms with E-state index in [0.29, 0.717) is 17.6 Å². The van der Waals surface area contributed by atoms with Crippen LogP contribution in [0, 0.1) is 0 Å². The molecule has 7 heteroatoms. The minimum Gasteiger partial charge on any atom is -0.324 e. The number of amides is 1. The number of rotatable bonds is 2. The van der Waals surface area contributed by atoms with Crippen molar-refractivity contribution in [2.45, 2.75) is 19.4 Å². The van der Waals surface area contributed by atoms with E-state index in [1.807, 2.05) is 24.3 Å². The fourth-order valence-electron chi connectivity index (χ4n) is 3.74. The Balaban J connectivity index is 1.74. The van der Waals surface area contributed by atoms with Gasteiger partial charge in [-0.2, -0.15) is 0 Å². The Kier molecular flexibility index (Phi) is 3.79. The lowest BCUT2D eigenvalue weighted by Crippen LogP contribution is -2.39. The lowest BCUT2D eigenvalue weighted by molar-refractivity contribution is -0.119. The van der Waals surface area contributed by atoms with Crippen molar-refractivity contribution in [3.05, 3.63) is 62.9 Å². The van der Waals surface area contributed by atoms with Crippen molar-refractivity contribution in [3.8, 4) is 0 Å². The summed E-state index contributed by atoms with van der Waals surface area (Å²) in [5, 5.41) is 0.432. The van der Waals surface area contributed by atoms with Crippen molar-refractivity contribution >= 4 is 22.6 Å². The molecule has 7 nitrogen and oxygen atoms in total. The summed E-state index contributed by atoms with van der Waals surface area (Å²) < 4.78 is 4.17. The van der Waals surface area contributed by atoms with Crippen LogP contribution in [-0.2, 0) is 31.9 Å². The second-order valence-electron chi connectivity index (χ2n) is 6.66. The van der Waals surface area contributed by atoms with Crippen LogP contribution in [0.15, 0.2) is 46.1 Å². The Hall–Kier alpha value is -3.09. The van der Waals surface area contributed by atoms with Crippen molar-refractivity contribution in [3.63, 3.8) is 0 Å². The Bertz CT molecular complexity index is 1140. The van der Waals surface area contributed by atoms with Gasteiger partial charge in [-0.05, 0) is 30.5 Å². The average molecular weight is 352 g/mol. The molecule has 0 unspecified atom stereocenters. The number of carbonyl (C=O) groups is 1. The molecule has 3 aromatic rings. The SMILES string of the molecule is Cn1c(=O)c2ccn(CC(=O)N3CCCc4ccccc43)c2n(C)c1=O. The normalized spacial score (nSPS) is 13.8. The van der Waals surface area contributed by atoms with E-state index < -0.39 is 5.69 Å². The molecule has 1 amide bonds. The van der Waals surface area contributed by atoms with Gasteiger partial charge in [0.25, 0.3) is 5.56 Å². The number of fused-ring (bicyclic) bond motifs is 2. The highest BCUT2D eigenvalue weighted by Crippen LogP contribution is 2.27. The number of benzene rings is 1. The van der Waals surface area contributed by atoms with E-state index >= 15 is 0 Å². The quantitative estimate of drug-likeness (QED) is 0.691. The van der Waals surface area contributed by atoms with Crippen LogP contribution < -0.4 is 16.1 Å². The molecule has 134 valence electrons. The maximum absolute atomic E-state index is 13.0. The van der Waals surface area contributed by atoms with Crippen LogP contribution in [0.2, 0.25) is 0 Å². The van der Waals surface area contributed by atoms with E-state index in [-0.39, 0.29) is 18.0 Å². The molecule has 26 heavy (non-hydrogen) atoms. The summed E-state index contributed by atoms with van der Waals surface area (Å²) in [5.74, 6) is -0.0530. The molecule has 0 atom stereocenters. The number of para-hydroxylation sites is 1.